The first kappa shape index (κ1) is 19.2. The monoisotopic (exact) mass is 380 g/mol. The SMILES string of the molecule is COc1ccc(CCNc2ncnc(NCc3cccnc3)c2N)cc1OC. The Hall–Kier alpha value is -3.55. The minimum atomic E-state index is 0.485. The number of ether oxygens (including phenoxy) is 2. The summed E-state index contributed by atoms with van der Waals surface area (Å²) >= 11 is 0. The second kappa shape index (κ2) is 9.40. The van der Waals surface area contributed by atoms with E-state index in [4.69, 9.17) is 15.2 Å². The minimum absolute atomic E-state index is 0.485. The number of benzene rings is 1. The van der Waals surface area contributed by atoms with Crippen LogP contribution in [0.2, 0.25) is 0 Å². The fourth-order valence-electron chi connectivity index (χ4n) is 2.73. The molecular formula is C20H24N6O2. The van der Waals surface area contributed by atoms with Crippen LogP contribution < -0.4 is 25.8 Å². The number of hydrogen-bond acceptors (Lipinski definition) is 8. The van der Waals surface area contributed by atoms with Gasteiger partial charge in [-0.3, -0.25) is 4.98 Å². The van der Waals surface area contributed by atoms with Crippen LogP contribution >= 0.6 is 0 Å². The van der Waals surface area contributed by atoms with Crippen molar-refractivity contribution in [1.82, 2.24) is 15.0 Å². The Balaban J connectivity index is 1.59. The van der Waals surface area contributed by atoms with Gasteiger partial charge in [-0.25, -0.2) is 9.97 Å². The lowest BCUT2D eigenvalue weighted by molar-refractivity contribution is 0.354. The van der Waals surface area contributed by atoms with Gasteiger partial charge in [0.05, 0.1) is 14.2 Å². The number of nitrogens with two attached hydrogens (primary N) is 1. The van der Waals surface area contributed by atoms with Crippen LogP contribution in [0.3, 0.4) is 0 Å². The van der Waals surface area contributed by atoms with E-state index in [0.717, 1.165) is 17.5 Å². The van der Waals surface area contributed by atoms with E-state index >= 15 is 0 Å². The van der Waals surface area contributed by atoms with Crippen molar-refractivity contribution >= 4 is 17.3 Å². The van der Waals surface area contributed by atoms with Gasteiger partial charge in [-0.2, -0.15) is 0 Å². The van der Waals surface area contributed by atoms with E-state index < -0.39 is 0 Å². The van der Waals surface area contributed by atoms with Crippen LogP contribution in [0.1, 0.15) is 11.1 Å². The standard InChI is InChI=1S/C20H24N6O2/c1-27-16-6-5-14(10-17(16)28-2)7-9-23-19-18(21)20(26-13-25-19)24-12-15-4-3-8-22-11-15/h3-6,8,10-11,13H,7,9,12,21H2,1-2H3,(H2,23,24,25,26). The number of methoxy groups -OCH3 is 2. The van der Waals surface area contributed by atoms with Crippen molar-refractivity contribution in [3.8, 4) is 11.5 Å². The van der Waals surface area contributed by atoms with E-state index in [1.165, 1.54) is 6.33 Å². The number of rotatable bonds is 9. The van der Waals surface area contributed by atoms with Gasteiger partial charge in [-0.05, 0) is 35.7 Å². The molecule has 0 spiro atoms. The van der Waals surface area contributed by atoms with E-state index in [-0.39, 0.29) is 0 Å². The Morgan fingerprint density at radius 1 is 0.964 bits per heavy atom. The summed E-state index contributed by atoms with van der Waals surface area (Å²) in [7, 11) is 3.25. The second-order valence-corrected chi connectivity index (χ2v) is 6.07. The van der Waals surface area contributed by atoms with Gasteiger partial charge < -0.3 is 25.8 Å². The highest BCUT2D eigenvalue weighted by atomic mass is 16.5. The zero-order valence-corrected chi connectivity index (χ0v) is 16.0. The van der Waals surface area contributed by atoms with E-state index in [9.17, 15) is 0 Å². The number of hydrogen-bond donors (Lipinski definition) is 3. The fraction of sp³-hybridized carbons (Fsp3) is 0.250. The molecule has 0 saturated carbocycles. The molecule has 3 rings (SSSR count). The third-order valence-corrected chi connectivity index (χ3v) is 4.22. The zero-order chi connectivity index (χ0) is 19.8. The van der Waals surface area contributed by atoms with Crippen molar-refractivity contribution in [3.63, 3.8) is 0 Å². The first-order valence-electron chi connectivity index (χ1n) is 8.89. The van der Waals surface area contributed by atoms with E-state index in [1.54, 1.807) is 26.6 Å². The fourth-order valence-corrected chi connectivity index (χ4v) is 2.73. The van der Waals surface area contributed by atoms with Crippen LogP contribution in [0.15, 0.2) is 49.1 Å². The summed E-state index contributed by atoms with van der Waals surface area (Å²) in [5, 5.41) is 6.48. The van der Waals surface area contributed by atoms with Crippen molar-refractivity contribution in [1.29, 1.82) is 0 Å². The van der Waals surface area contributed by atoms with Gasteiger partial charge in [-0.1, -0.05) is 12.1 Å². The summed E-state index contributed by atoms with van der Waals surface area (Å²) in [5.74, 6) is 2.61. The Morgan fingerprint density at radius 3 is 2.46 bits per heavy atom. The number of nitrogen functional groups attached to an aromatic ring is 1. The minimum Gasteiger partial charge on any atom is -0.493 e. The second-order valence-electron chi connectivity index (χ2n) is 6.07. The predicted octanol–water partition coefficient (Wildman–Crippen LogP) is 2.74. The van der Waals surface area contributed by atoms with Crippen LogP contribution in [0, 0.1) is 0 Å². The topological polar surface area (TPSA) is 107 Å². The number of pyridine rings is 1. The van der Waals surface area contributed by atoms with E-state index in [2.05, 4.69) is 25.6 Å². The van der Waals surface area contributed by atoms with Crippen LogP contribution in [0.5, 0.6) is 11.5 Å². The van der Waals surface area contributed by atoms with Gasteiger partial charge in [0.1, 0.15) is 12.0 Å². The zero-order valence-electron chi connectivity index (χ0n) is 16.0. The highest BCUT2D eigenvalue weighted by Crippen LogP contribution is 2.28. The van der Waals surface area contributed by atoms with Crippen LogP contribution in [-0.2, 0) is 13.0 Å². The van der Waals surface area contributed by atoms with Crippen molar-refractivity contribution in [3.05, 3.63) is 60.2 Å². The third kappa shape index (κ3) is 4.79. The molecule has 3 aromatic rings. The van der Waals surface area contributed by atoms with Crippen LogP contribution in [0.4, 0.5) is 17.3 Å². The Bertz CT molecular complexity index is 904. The van der Waals surface area contributed by atoms with Crippen molar-refractivity contribution in [2.75, 3.05) is 37.1 Å². The lowest BCUT2D eigenvalue weighted by Gasteiger charge is -2.13. The summed E-state index contributed by atoms with van der Waals surface area (Å²) in [6.07, 6.45) is 5.80. The molecule has 2 heterocycles. The molecule has 0 aliphatic heterocycles. The molecule has 0 aliphatic carbocycles. The smallest absolute Gasteiger partial charge is 0.160 e. The number of aromatic nitrogens is 3. The molecule has 2 aromatic heterocycles. The Morgan fingerprint density at radius 2 is 1.75 bits per heavy atom. The molecule has 1 aromatic carbocycles. The average Bonchev–Trinajstić information content (AvgIpc) is 2.74. The molecule has 0 fully saturated rings. The molecule has 8 heteroatoms. The summed E-state index contributed by atoms with van der Waals surface area (Å²) in [6, 6.07) is 9.74. The van der Waals surface area contributed by atoms with E-state index in [0.29, 0.717) is 41.9 Å². The van der Waals surface area contributed by atoms with Crippen LogP contribution in [0.25, 0.3) is 0 Å². The van der Waals surface area contributed by atoms with Gasteiger partial charge in [0.25, 0.3) is 0 Å². The third-order valence-electron chi connectivity index (χ3n) is 4.22. The van der Waals surface area contributed by atoms with Crippen LogP contribution in [-0.4, -0.2) is 35.7 Å². The molecule has 0 bridgehead atoms. The molecule has 0 saturated heterocycles. The summed E-state index contributed by atoms with van der Waals surface area (Å²) in [5.41, 5.74) is 8.86. The molecule has 0 unspecified atom stereocenters. The molecule has 8 nitrogen and oxygen atoms in total. The molecule has 0 amide bonds. The predicted molar refractivity (Wildman–Crippen MR) is 110 cm³/mol. The van der Waals surface area contributed by atoms with Gasteiger partial charge in [0, 0.05) is 25.5 Å². The Kier molecular flexibility index (Phi) is 6.46. The van der Waals surface area contributed by atoms with Gasteiger partial charge in [0.15, 0.2) is 23.1 Å². The maximum atomic E-state index is 6.21. The maximum absolute atomic E-state index is 6.21. The summed E-state index contributed by atoms with van der Waals surface area (Å²) in [4.78, 5) is 12.6. The number of nitrogens with zero attached hydrogens (tertiary/aromatic N) is 3. The van der Waals surface area contributed by atoms with E-state index in [1.807, 2.05) is 30.3 Å². The molecule has 28 heavy (non-hydrogen) atoms. The van der Waals surface area contributed by atoms with Crippen molar-refractivity contribution in [2.24, 2.45) is 0 Å². The normalized spacial score (nSPS) is 10.4. The lowest BCUT2D eigenvalue weighted by Crippen LogP contribution is -2.12. The first-order chi connectivity index (χ1) is 13.7. The van der Waals surface area contributed by atoms with Crippen molar-refractivity contribution in [2.45, 2.75) is 13.0 Å². The van der Waals surface area contributed by atoms with Gasteiger partial charge in [-0.15, -0.1) is 0 Å². The molecule has 146 valence electrons. The highest BCUT2D eigenvalue weighted by Gasteiger charge is 2.09. The quantitative estimate of drug-likeness (QED) is 0.520. The van der Waals surface area contributed by atoms with Gasteiger partial charge in [0.2, 0.25) is 0 Å². The average molecular weight is 380 g/mol. The van der Waals surface area contributed by atoms with Gasteiger partial charge >= 0.3 is 0 Å². The Labute approximate surface area is 164 Å². The maximum Gasteiger partial charge on any atom is 0.160 e. The molecule has 0 radical (unpaired) electrons. The largest absolute Gasteiger partial charge is 0.493 e. The summed E-state index contributed by atoms with van der Waals surface area (Å²) in [6.45, 7) is 1.25. The van der Waals surface area contributed by atoms with Crippen molar-refractivity contribution < 1.29 is 9.47 Å². The molecule has 0 atom stereocenters. The number of nitrogens with one attached hydrogen (secondary N) is 2. The molecule has 0 aliphatic rings. The lowest BCUT2D eigenvalue weighted by atomic mass is 10.1. The molecular weight excluding hydrogens is 356 g/mol. The first-order valence-corrected chi connectivity index (χ1v) is 8.89. The highest BCUT2D eigenvalue weighted by molar-refractivity contribution is 5.74. The number of anilines is 3. The summed E-state index contributed by atoms with van der Waals surface area (Å²) < 4.78 is 10.6. The molecule has 4 N–H and O–H groups in total.